The first-order valence-electron chi connectivity index (χ1n) is 5.54. The predicted molar refractivity (Wildman–Crippen MR) is 63.1 cm³/mol. The van der Waals surface area contributed by atoms with Crippen LogP contribution in [0.25, 0.3) is 0 Å². The number of carboxylic acid groups (broad SMARTS) is 1. The molecule has 90 valence electrons. The van der Waals surface area contributed by atoms with E-state index in [0.717, 1.165) is 25.1 Å². The van der Waals surface area contributed by atoms with E-state index in [-0.39, 0.29) is 17.5 Å². The molecular weight excluding hydrogens is 220 g/mol. The molecule has 1 aliphatic rings. The van der Waals surface area contributed by atoms with Crippen LogP contribution in [-0.4, -0.2) is 29.6 Å². The molecule has 1 saturated heterocycles. The van der Waals surface area contributed by atoms with Crippen LogP contribution in [0.1, 0.15) is 23.2 Å². The molecule has 2 rings (SSSR count). The molecule has 1 aromatic rings. The van der Waals surface area contributed by atoms with Gasteiger partial charge in [-0.3, -0.25) is 4.79 Å². The van der Waals surface area contributed by atoms with Gasteiger partial charge in [0.25, 0.3) is 0 Å². The minimum Gasteiger partial charge on any atom is -0.478 e. The lowest BCUT2D eigenvalue weighted by Gasteiger charge is -2.23. The van der Waals surface area contributed by atoms with Crippen LogP contribution in [0.3, 0.4) is 0 Å². The Morgan fingerprint density at radius 2 is 2.06 bits per heavy atom. The Kier molecular flexibility index (Phi) is 3.27. The summed E-state index contributed by atoms with van der Waals surface area (Å²) in [6, 6.07) is 6.16. The van der Waals surface area contributed by atoms with E-state index in [4.69, 9.17) is 5.11 Å². The van der Waals surface area contributed by atoms with Crippen molar-refractivity contribution in [3.8, 4) is 0 Å². The van der Waals surface area contributed by atoms with E-state index in [1.807, 2.05) is 0 Å². The van der Waals surface area contributed by atoms with Crippen molar-refractivity contribution in [2.45, 2.75) is 18.9 Å². The zero-order chi connectivity index (χ0) is 12.3. The summed E-state index contributed by atoms with van der Waals surface area (Å²) in [7, 11) is 0. The maximum absolute atomic E-state index is 11.5. The molecule has 0 aromatic heterocycles. The third kappa shape index (κ3) is 2.75. The van der Waals surface area contributed by atoms with Crippen LogP contribution < -0.4 is 10.6 Å². The van der Waals surface area contributed by atoms with Gasteiger partial charge in [0.05, 0.1) is 5.56 Å². The predicted octanol–water partition coefficient (Wildman–Crippen LogP) is 1.08. The smallest absolute Gasteiger partial charge is 0.335 e. The van der Waals surface area contributed by atoms with Crippen LogP contribution in [0, 0.1) is 0 Å². The molecule has 0 radical (unpaired) electrons. The summed E-state index contributed by atoms with van der Waals surface area (Å²) >= 11 is 0. The summed E-state index contributed by atoms with van der Waals surface area (Å²) < 4.78 is 0. The number of anilines is 1. The molecule has 1 unspecified atom stereocenters. The Labute approximate surface area is 98.8 Å². The Balaban J connectivity index is 2.03. The molecule has 5 nitrogen and oxygen atoms in total. The van der Waals surface area contributed by atoms with Gasteiger partial charge in [-0.2, -0.15) is 0 Å². The average molecular weight is 234 g/mol. The van der Waals surface area contributed by atoms with Crippen molar-refractivity contribution in [3.05, 3.63) is 29.8 Å². The van der Waals surface area contributed by atoms with E-state index < -0.39 is 5.97 Å². The highest BCUT2D eigenvalue weighted by atomic mass is 16.4. The lowest BCUT2D eigenvalue weighted by molar-refractivity contribution is -0.123. The van der Waals surface area contributed by atoms with Gasteiger partial charge >= 0.3 is 5.97 Å². The lowest BCUT2D eigenvalue weighted by atomic mass is 10.1. The Hall–Kier alpha value is -2.04. The summed E-state index contributed by atoms with van der Waals surface area (Å²) in [4.78, 5) is 22.2. The highest BCUT2D eigenvalue weighted by Crippen LogP contribution is 2.14. The standard InChI is InChI=1S/C12H14N2O3/c15-11-10(2-1-7-13-11)14-9-5-3-8(4-6-9)12(16)17/h3-6,10,14H,1-2,7H2,(H,13,15)(H,16,17). The number of carbonyl (C=O) groups is 2. The molecule has 0 aliphatic carbocycles. The number of nitrogens with one attached hydrogen (secondary N) is 2. The topological polar surface area (TPSA) is 78.4 Å². The maximum atomic E-state index is 11.5. The van der Waals surface area contributed by atoms with Gasteiger partial charge in [0.15, 0.2) is 0 Å². The second-order valence-electron chi connectivity index (χ2n) is 4.01. The van der Waals surface area contributed by atoms with Crippen molar-refractivity contribution in [2.75, 3.05) is 11.9 Å². The molecule has 1 aliphatic heterocycles. The number of hydrogen-bond acceptors (Lipinski definition) is 3. The second kappa shape index (κ2) is 4.86. The molecule has 1 aromatic carbocycles. The van der Waals surface area contributed by atoms with Gasteiger partial charge in [0.2, 0.25) is 5.91 Å². The third-order valence-corrected chi connectivity index (χ3v) is 2.76. The van der Waals surface area contributed by atoms with Crippen molar-refractivity contribution in [2.24, 2.45) is 0 Å². The summed E-state index contributed by atoms with van der Waals surface area (Å²) in [5, 5.41) is 14.6. The van der Waals surface area contributed by atoms with E-state index in [1.165, 1.54) is 12.1 Å². The summed E-state index contributed by atoms with van der Waals surface area (Å²) in [6.45, 7) is 0.731. The van der Waals surface area contributed by atoms with Crippen LogP contribution in [0.15, 0.2) is 24.3 Å². The average Bonchev–Trinajstić information content (AvgIpc) is 2.33. The van der Waals surface area contributed by atoms with Gasteiger partial charge in [0.1, 0.15) is 6.04 Å². The molecule has 17 heavy (non-hydrogen) atoms. The largest absolute Gasteiger partial charge is 0.478 e. The fraction of sp³-hybridized carbons (Fsp3) is 0.333. The van der Waals surface area contributed by atoms with Crippen LogP contribution >= 0.6 is 0 Å². The monoisotopic (exact) mass is 234 g/mol. The van der Waals surface area contributed by atoms with Crippen molar-refractivity contribution in [3.63, 3.8) is 0 Å². The first-order valence-corrected chi connectivity index (χ1v) is 5.54. The highest BCUT2D eigenvalue weighted by Gasteiger charge is 2.21. The van der Waals surface area contributed by atoms with Crippen LogP contribution in [0.2, 0.25) is 0 Å². The number of hydrogen-bond donors (Lipinski definition) is 3. The second-order valence-corrected chi connectivity index (χ2v) is 4.01. The fourth-order valence-electron chi connectivity index (χ4n) is 1.82. The van der Waals surface area contributed by atoms with Crippen molar-refractivity contribution in [1.29, 1.82) is 0 Å². The molecule has 0 bridgehead atoms. The van der Waals surface area contributed by atoms with Crippen LogP contribution in [-0.2, 0) is 4.79 Å². The first kappa shape index (κ1) is 11.4. The molecule has 1 atom stereocenters. The normalized spacial score (nSPS) is 19.5. The zero-order valence-corrected chi connectivity index (χ0v) is 9.27. The molecule has 1 amide bonds. The fourth-order valence-corrected chi connectivity index (χ4v) is 1.82. The van der Waals surface area contributed by atoms with Crippen molar-refractivity contribution >= 4 is 17.6 Å². The van der Waals surface area contributed by atoms with E-state index in [9.17, 15) is 9.59 Å². The van der Waals surface area contributed by atoms with Gasteiger partial charge in [-0.25, -0.2) is 4.79 Å². The van der Waals surface area contributed by atoms with E-state index in [1.54, 1.807) is 12.1 Å². The summed E-state index contributed by atoms with van der Waals surface area (Å²) in [5.41, 5.74) is 1.00. The van der Waals surface area contributed by atoms with E-state index in [0.29, 0.717) is 0 Å². The molecule has 1 heterocycles. The van der Waals surface area contributed by atoms with Gasteiger partial charge in [0, 0.05) is 12.2 Å². The number of rotatable bonds is 3. The maximum Gasteiger partial charge on any atom is 0.335 e. The number of carboxylic acids is 1. The Morgan fingerprint density at radius 1 is 1.35 bits per heavy atom. The number of piperidine rings is 1. The molecular formula is C12H14N2O3. The molecule has 3 N–H and O–H groups in total. The molecule has 0 spiro atoms. The first-order chi connectivity index (χ1) is 8.16. The quantitative estimate of drug-likeness (QED) is 0.731. The van der Waals surface area contributed by atoms with Gasteiger partial charge < -0.3 is 15.7 Å². The van der Waals surface area contributed by atoms with Crippen molar-refractivity contribution in [1.82, 2.24) is 5.32 Å². The third-order valence-electron chi connectivity index (χ3n) is 2.76. The number of aromatic carboxylic acids is 1. The van der Waals surface area contributed by atoms with Crippen LogP contribution in [0.5, 0.6) is 0 Å². The molecule has 1 fully saturated rings. The Morgan fingerprint density at radius 3 is 2.65 bits per heavy atom. The number of benzene rings is 1. The number of amides is 1. The summed E-state index contributed by atoms with van der Waals surface area (Å²) in [5.74, 6) is -0.953. The van der Waals surface area contributed by atoms with Crippen molar-refractivity contribution < 1.29 is 14.7 Å². The van der Waals surface area contributed by atoms with E-state index >= 15 is 0 Å². The minimum absolute atomic E-state index is 0.00133. The molecule has 5 heteroatoms. The molecule has 0 saturated carbocycles. The summed E-state index contributed by atoms with van der Waals surface area (Å²) in [6.07, 6.45) is 1.75. The van der Waals surface area contributed by atoms with Gasteiger partial charge in [-0.05, 0) is 37.1 Å². The van der Waals surface area contributed by atoms with E-state index in [2.05, 4.69) is 10.6 Å². The van der Waals surface area contributed by atoms with Gasteiger partial charge in [-0.15, -0.1) is 0 Å². The van der Waals surface area contributed by atoms with Gasteiger partial charge in [-0.1, -0.05) is 0 Å². The highest BCUT2D eigenvalue weighted by molar-refractivity contribution is 5.88. The lowest BCUT2D eigenvalue weighted by Crippen LogP contribution is -2.44. The number of carbonyl (C=O) groups excluding carboxylic acids is 1. The zero-order valence-electron chi connectivity index (χ0n) is 9.27. The van der Waals surface area contributed by atoms with Crippen LogP contribution in [0.4, 0.5) is 5.69 Å². The minimum atomic E-state index is -0.952. The SMILES string of the molecule is O=C(O)c1ccc(NC2CCCNC2=O)cc1. The Bertz CT molecular complexity index is 428.